The molecule has 0 aromatic heterocycles. The molecule has 2 aromatic rings. The monoisotopic (exact) mass is 426 g/mol. The molecule has 166 valence electrons. The van der Waals surface area contributed by atoms with Crippen molar-refractivity contribution in [3.8, 4) is 5.75 Å². The van der Waals surface area contributed by atoms with Gasteiger partial charge in [-0.2, -0.15) is 0 Å². The molecule has 0 bridgehead atoms. The molecule has 7 heteroatoms. The van der Waals surface area contributed by atoms with Crippen LogP contribution in [0.15, 0.2) is 54.6 Å². The molecule has 0 aliphatic rings. The van der Waals surface area contributed by atoms with E-state index in [9.17, 15) is 14.4 Å². The average Bonchev–Trinajstić information content (AvgIpc) is 2.77. The van der Waals surface area contributed by atoms with Crippen LogP contribution >= 0.6 is 0 Å². The van der Waals surface area contributed by atoms with E-state index in [2.05, 4.69) is 10.6 Å². The van der Waals surface area contributed by atoms with Crippen molar-refractivity contribution in [1.29, 1.82) is 0 Å². The molecule has 0 aliphatic heterocycles. The lowest BCUT2D eigenvalue weighted by Crippen LogP contribution is -2.50. The Morgan fingerprint density at radius 2 is 1.58 bits per heavy atom. The molecule has 2 rings (SSSR count). The van der Waals surface area contributed by atoms with E-state index in [0.717, 1.165) is 5.56 Å². The van der Waals surface area contributed by atoms with Gasteiger partial charge in [0, 0.05) is 5.56 Å². The van der Waals surface area contributed by atoms with Crippen molar-refractivity contribution < 1.29 is 23.9 Å². The third-order valence-electron chi connectivity index (χ3n) is 4.78. The van der Waals surface area contributed by atoms with Crippen LogP contribution in [0.2, 0.25) is 0 Å². The summed E-state index contributed by atoms with van der Waals surface area (Å²) in [4.78, 5) is 37.6. The van der Waals surface area contributed by atoms with Gasteiger partial charge in [0.05, 0.1) is 26.2 Å². The van der Waals surface area contributed by atoms with Crippen LogP contribution < -0.4 is 15.4 Å². The number of carbonyl (C=O) groups is 3. The molecule has 0 saturated carbocycles. The Morgan fingerprint density at radius 3 is 2.13 bits per heavy atom. The third kappa shape index (κ3) is 7.13. The zero-order chi connectivity index (χ0) is 22.8. The number of benzene rings is 2. The molecule has 2 N–H and O–H groups in total. The van der Waals surface area contributed by atoms with E-state index in [1.807, 2.05) is 51.1 Å². The number of ether oxygens (including phenoxy) is 2. The Hall–Kier alpha value is -3.35. The van der Waals surface area contributed by atoms with Crippen molar-refractivity contribution in [2.24, 2.45) is 5.92 Å². The van der Waals surface area contributed by atoms with Gasteiger partial charge in [-0.3, -0.25) is 14.4 Å². The summed E-state index contributed by atoms with van der Waals surface area (Å²) in [5, 5.41) is 5.69. The highest BCUT2D eigenvalue weighted by molar-refractivity contribution is 5.97. The van der Waals surface area contributed by atoms with Crippen molar-refractivity contribution >= 4 is 17.8 Å². The van der Waals surface area contributed by atoms with Gasteiger partial charge in [-0.05, 0) is 42.7 Å². The standard InChI is InChI=1S/C24H30N2O5/c1-5-31-19-13-11-18(12-14-19)23(28)26-22(16(2)3)24(29)25-20(15-21(27)30-4)17-9-7-6-8-10-17/h6-14,16,20,22H,5,15H2,1-4H3,(H,25,29)(H,26,28). The van der Waals surface area contributed by atoms with E-state index < -0.39 is 18.1 Å². The van der Waals surface area contributed by atoms with Gasteiger partial charge >= 0.3 is 5.97 Å². The highest BCUT2D eigenvalue weighted by Crippen LogP contribution is 2.18. The van der Waals surface area contributed by atoms with E-state index >= 15 is 0 Å². The van der Waals surface area contributed by atoms with Crippen LogP contribution in [0.5, 0.6) is 5.75 Å². The van der Waals surface area contributed by atoms with Gasteiger partial charge in [0.25, 0.3) is 5.91 Å². The third-order valence-corrected chi connectivity index (χ3v) is 4.78. The van der Waals surface area contributed by atoms with E-state index in [1.54, 1.807) is 24.3 Å². The lowest BCUT2D eigenvalue weighted by atomic mass is 9.99. The fraction of sp³-hybridized carbons (Fsp3) is 0.375. The SMILES string of the molecule is CCOc1ccc(C(=O)NC(C(=O)NC(CC(=O)OC)c2ccccc2)C(C)C)cc1. The molecule has 7 nitrogen and oxygen atoms in total. The molecule has 2 amide bonds. The first kappa shape index (κ1) is 23.9. The Bertz CT molecular complexity index is 865. The minimum Gasteiger partial charge on any atom is -0.494 e. The number of methoxy groups -OCH3 is 1. The highest BCUT2D eigenvalue weighted by Gasteiger charge is 2.28. The molecule has 2 atom stereocenters. The summed E-state index contributed by atoms with van der Waals surface area (Å²) < 4.78 is 10.2. The second kappa shape index (κ2) is 11.7. The molecule has 31 heavy (non-hydrogen) atoms. The topological polar surface area (TPSA) is 93.7 Å². The van der Waals surface area contributed by atoms with E-state index in [-0.39, 0.29) is 24.2 Å². The normalized spacial score (nSPS) is 12.5. The van der Waals surface area contributed by atoms with Gasteiger partial charge < -0.3 is 20.1 Å². The van der Waals surface area contributed by atoms with Gasteiger partial charge in [0.15, 0.2) is 0 Å². The Kier molecular flexibility index (Phi) is 9.06. The van der Waals surface area contributed by atoms with Crippen molar-refractivity contribution in [2.45, 2.75) is 39.3 Å². The summed E-state index contributed by atoms with van der Waals surface area (Å²) in [6.07, 6.45) is -0.0100. The van der Waals surface area contributed by atoms with E-state index in [0.29, 0.717) is 17.9 Å². The number of amides is 2. The zero-order valence-electron chi connectivity index (χ0n) is 18.4. The molecule has 0 spiro atoms. The minimum atomic E-state index is -0.775. The molecule has 2 unspecified atom stereocenters. The van der Waals surface area contributed by atoms with Gasteiger partial charge in [-0.15, -0.1) is 0 Å². The Labute approximate surface area is 183 Å². The lowest BCUT2D eigenvalue weighted by Gasteiger charge is -2.25. The van der Waals surface area contributed by atoms with E-state index in [1.165, 1.54) is 7.11 Å². The predicted molar refractivity (Wildman–Crippen MR) is 118 cm³/mol. The largest absolute Gasteiger partial charge is 0.494 e. The fourth-order valence-electron chi connectivity index (χ4n) is 3.08. The molecule has 0 saturated heterocycles. The average molecular weight is 427 g/mol. The number of hydrogen-bond acceptors (Lipinski definition) is 5. The highest BCUT2D eigenvalue weighted by atomic mass is 16.5. The predicted octanol–water partition coefficient (Wildman–Crippen LogP) is 3.26. The molecular weight excluding hydrogens is 396 g/mol. The molecule has 0 aliphatic carbocycles. The van der Waals surface area contributed by atoms with Gasteiger partial charge in [-0.25, -0.2) is 0 Å². The maximum absolute atomic E-state index is 13.0. The van der Waals surface area contributed by atoms with Crippen LogP contribution in [0.4, 0.5) is 0 Å². The number of carbonyl (C=O) groups excluding carboxylic acids is 3. The van der Waals surface area contributed by atoms with Crippen molar-refractivity contribution in [3.63, 3.8) is 0 Å². The number of rotatable bonds is 10. The zero-order valence-corrected chi connectivity index (χ0v) is 18.4. The summed E-state index contributed by atoms with van der Waals surface area (Å²) in [6, 6.07) is 14.6. The van der Waals surface area contributed by atoms with E-state index in [4.69, 9.17) is 9.47 Å². The lowest BCUT2D eigenvalue weighted by molar-refractivity contribution is -0.141. The summed E-state index contributed by atoms with van der Waals surface area (Å²) in [6.45, 7) is 6.12. The summed E-state index contributed by atoms with van der Waals surface area (Å²) in [5.74, 6) is -0.659. The fourth-order valence-corrected chi connectivity index (χ4v) is 3.08. The Morgan fingerprint density at radius 1 is 0.935 bits per heavy atom. The first-order valence-electron chi connectivity index (χ1n) is 10.3. The Balaban J connectivity index is 2.13. The van der Waals surface area contributed by atoms with Gasteiger partial charge in [-0.1, -0.05) is 44.2 Å². The summed E-state index contributed by atoms with van der Waals surface area (Å²) >= 11 is 0. The van der Waals surface area contributed by atoms with Crippen LogP contribution in [0, 0.1) is 5.92 Å². The maximum atomic E-state index is 13.0. The first-order chi connectivity index (χ1) is 14.8. The number of hydrogen-bond donors (Lipinski definition) is 2. The van der Waals surface area contributed by atoms with Crippen molar-refractivity contribution in [2.75, 3.05) is 13.7 Å². The van der Waals surface area contributed by atoms with Crippen LogP contribution in [0.25, 0.3) is 0 Å². The summed E-state index contributed by atoms with van der Waals surface area (Å²) in [7, 11) is 1.31. The first-order valence-corrected chi connectivity index (χ1v) is 10.3. The van der Waals surface area contributed by atoms with Gasteiger partial charge in [0.1, 0.15) is 11.8 Å². The molecule has 0 fully saturated rings. The number of nitrogens with one attached hydrogen (secondary N) is 2. The van der Waals surface area contributed by atoms with Crippen LogP contribution in [0.1, 0.15) is 49.2 Å². The van der Waals surface area contributed by atoms with Crippen molar-refractivity contribution in [1.82, 2.24) is 10.6 Å². The molecular formula is C24H30N2O5. The van der Waals surface area contributed by atoms with Crippen molar-refractivity contribution in [3.05, 3.63) is 65.7 Å². The van der Waals surface area contributed by atoms with Gasteiger partial charge in [0.2, 0.25) is 5.91 Å². The smallest absolute Gasteiger partial charge is 0.307 e. The maximum Gasteiger partial charge on any atom is 0.307 e. The second-order valence-electron chi connectivity index (χ2n) is 7.40. The molecule has 2 aromatic carbocycles. The molecule has 0 heterocycles. The molecule has 0 radical (unpaired) electrons. The number of esters is 1. The van der Waals surface area contributed by atoms with Crippen LogP contribution in [0.3, 0.4) is 0 Å². The quantitative estimate of drug-likeness (QED) is 0.569. The van der Waals surface area contributed by atoms with Crippen LogP contribution in [-0.4, -0.2) is 37.5 Å². The van der Waals surface area contributed by atoms with Crippen LogP contribution in [-0.2, 0) is 14.3 Å². The summed E-state index contributed by atoms with van der Waals surface area (Å²) in [5.41, 5.74) is 1.21. The second-order valence-corrected chi connectivity index (χ2v) is 7.40. The minimum absolute atomic E-state index is 0.0100.